The minimum Gasteiger partial charge on any atom is -0.369 e. The van der Waals surface area contributed by atoms with Crippen molar-refractivity contribution in [2.45, 2.75) is 96.1 Å². The first-order valence-electron chi connectivity index (χ1n) is 18.3. The van der Waals surface area contributed by atoms with E-state index in [2.05, 4.69) is 52.2 Å². The maximum atomic E-state index is 12.5. The third-order valence-electron chi connectivity index (χ3n) is 8.90. The van der Waals surface area contributed by atoms with Crippen molar-refractivity contribution < 1.29 is 19.1 Å². The van der Waals surface area contributed by atoms with E-state index in [4.69, 9.17) is 20.5 Å². The van der Waals surface area contributed by atoms with Gasteiger partial charge in [0.2, 0.25) is 11.9 Å². The van der Waals surface area contributed by atoms with Gasteiger partial charge < -0.3 is 42.1 Å². The summed E-state index contributed by atoms with van der Waals surface area (Å²) in [5.74, 6) is 0.812. The molecule has 0 spiro atoms. The molecular formula is C33H53N14O4P. The highest BCUT2D eigenvalue weighted by Crippen LogP contribution is 2.33. The van der Waals surface area contributed by atoms with E-state index in [9.17, 15) is 9.36 Å². The lowest BCUT2D eigenvalue weighted by Crippen LogP contribution is -2.40. The van der Waals surface area contributed by atoms with Crippen molar-refractivity contribution in [3.63, 3.8) is 0 Å². The minimum atomic E-state index is -4.14. The molecule has 9 N–H and O–H groups in total. The predicted octanol–water partition coefficient (Wildman–Crippen LogP) is 1.73. The molecule has 1 aliphatic rings. The molecule has 1 amide bonds. The Bertz CT molecular complexity index is 1720. The van der Waals surface area contributed by atoms with Gasteiger partial charge in [0.1, 0.15) is 17.2 Å². The van der Waals surface area contributed by atoms with Gasteiger partial charge in [0.25, 0.3) is 0 Å². The summed E-state index contributed by atoms with van der Waals surface area (Å²) in [5.41, 5.74) is 8.18. The van der Waals surface area contributed by atoms with Crippen molar-refractivity contribution in [1.82, 2.24) is 55.9 Å². The quantitative estimate of drug-likeness (QED) is 0.0399. The molecule has 18 nitrogen and oxygen atoms in total. The summed E-state index contributed by atoms with van der Waals surface area (Å²) in [6.45, 7) is 4.92. The fraction of sp³-hybridized carbons (Fsp3) is 0.606. The number of aromatic nitrogens is 8. The molecule has 5 rings (SSSR count). The van der Waals surface area contributed by atoms with Crippen LogP contribution in [0.4, 0.5) is 11.8 Å². The Labute approximate surface area is 303 Å². The van der Waals surface area contributed by atoms with Gasteiger partial charge in [0, 0.05) is 24.5 Å². The van der Waals surface area contributed by atoms with E-state index in [1.54, 1.807) is 0 Å². The lowest BCUT2D eigenvalue weighted by atomic mass is 9.95. The summed E-state index contributed by atoms with van der Waals surface area (Å²) < 4.78 is 14.3. The van der Waals surface area contributed by atoms with Crippen LogP contribution < -0.4 is 32.3 Å². The Hall–Kier alpha value is -4.06. The number of hydrogen-bond donors (Lipinski definition) is 8. The number of fused-ring (bicyclic) bond motifs is 1. The van der Waals surface area contributed by atoms with E-state index in [1.165, 1.54) is 43.0 Å². The summed E-state index contributed by atoms with van der Waals surface area (Å²) in [4.78, 5) is 40.0. The Kier molecular flexibility index (Phi) is 15.2. The lowest BCUT2D eigenvalue weighted by molar-refractivity contribution is -0.122. The molecule has 1 aliphatic carbocycles. The van der Waals surface area contributed by atoms with Crippen LogP contribution in [0.1, 0.15) is 69.2 Å². The second kappa shape index (κ2) is 20.3. The van der Waals surface area contributed by atoms with Crippen molar-refractivity contribution in [2.75, 3.05) is 43.0 Å². The zero-order chi connectivity index (χ0) is 36.6. The van der Waals surface area contributed by atoms with Gasteiger partial charge in [-0.1, -0.05) is 41.8 Å². The number of benzene rings is 1. The Morgan fingerprint density at radius 2 is 1.62 bits per heavy atom. The summed E-state index contributed by atoms with van der Waals surface area (Å²) in [7, 11) is -4.14. The molecule has 284 valence electrons. The monoisotopic (exact) mass is 740 g/mol. The summed E-state index contributed by atoms with van der Waals surface area (Å²) in [6, 6.07) is 7.74. The van der Waals surface area contributed by atoms with Crippen LogP contribution in [0.15, 0.2) is 36.7 Å². The van der Waals surface area contributed by atoms with Gasteiger partial charge in [-0.2, -0.15) is 4.98 Å². The normalized spacial score (nSPS) is 14.4. The topological polar surface area (TPSA) is 248 Å². The second-order valence-electron chi connectivity index (χ2n) is 13.2. The van der Waals surface area contributed by atoms with Crippen LogP contribution in [0.2, 0.25) is 0 Å². The number of nitrogens with zero attached hydrogens (tertiary/aromatic N) is 8. The maximum absolute atomic E-state index is 12.5. The molecule has 4 aromatic rings. The largest absolute Gasteiger partial charge is 0.369 e. The van der Waals surface area contributed by atoms with Crippen molar-refractivity contribution in [3.8, 4) is 0 Å². The van der Waals surface area contributed by atoms with E-state index in [1.807, 2.05) is 35.1 Å². The van der Waals surface area contributed by atoms with Crippen molar-refractivity contribution >= 4 is 36.2 Å². The molecule has 0 radical (unpaired) electrons. The minimum absolute atomic E-state index is 0.0247. The molecule has 52 heavy (non-hydrogen) atoms. The zero-order valence-corrected chi connectivity index (χ0v) is 30.6. The van der Waals surface area contributed by atoms with Crippen LogP contribution in [0, 0.1) is 0 Å². The van der Waals surface area contributed by atoms with Crippen LogP contribution in [0.3, 0.4) is 0 Å². The molecule has 1 atom stereocenters. The van der Waals surface area contributed by atoms with Crippen LogP contribution in [-0.2, 0) is 35.5 Å². The fourth-order valence-corrected chi connectivity index (χ4v) is 6.50. The summed E-state index contributed by atoms with van der Waals surface area (Å²) >= 11 is 0. The molecule has 1 aromatic carbocycles. The van der Waals surface area contributed by atoms with Crippen LogP contribution in [0.5, 0.6) is 0 Å². The van der Waals surface area contributed by atoms with Gasteiger partial charge in [-0.25, -0.2) is 4.98 Å². The van der Waals surface area contributed by atoms with Crippen molar-refractivity contribution in [1.29, 1.82) is 0 Å². The molecular weight excluding hydrogens is 687 g/mol. The molecule has 1 fully saturated rings. The Morgan fingerprint density at radius 3 is 2.40 bits per heavy atom. The average Bonchev–Trinajstić information content (AvgIpc) is 3.81. The highest BCUT2D eigenvalue weighted by molar-refractivity contribution is 7.51. The SMILES string of the molecule is N[C@@H](CCCNc1nc(NCc2cn(CCCNCCCNC3CCCCC3)nn2)nc2ccccc12)C(=O)NCc1cn(CCP(=O)(O)O)nn1. The predicted molar refractivity (Wildman–Crippen MR) is 198 cm³/mol. The van der Waals surface area contributed by atoms with E-state index in [0.29, 0.717) is 43.4 Å². The van der Waals surface area contributed by atoms with Crippen LogP contribution in [-0.4, -0.2) is 100 Å². The highest BCUT2D eigenvalue weighted by Gasteiger charge is 2.16. The Balaban J connectivity index is 0.989. The number of rotatable bonds is 23. The number of anilines is 2. The van der Waals surface area contributed by atoms with Gasteiger partial charge in [-0.15, -0.1) is 10.2 Å². The number of nitrogens with one attached hydrogen (secondary N) is 5. The number of carbonyl (C=O) groups excluding carboxylic acids is 1. The maximum Gasteiger partial charge on any atom is 0.327 e. The number of aryl methyl sites for hydroxylation is 2. The molecule has 1 saturated carbocycles. The summed E-state index contributed by atoms with van der Waals surface area (Å²) in [6.07, 6.45) is 13.1. The van der Waals surface area contributed by atoms with E-state index in [0.717, 1.165) is 61.7 Å². The van der Waals surface area contributed by atoms with Gasteiger partial charge >= 0.3 is 7.60 Å². The van der Waals surface area contributed by atoms with E-state index >= 15 is 0 Å². The lowest BCUT2D eigenvalue weighted by Gasteiger charge is -2.22. The van der Waals surface area contributed by atoms with Crippen molar-refractivity contribution in [3.05, 3.63) is 48.0 Å². The first-order valence-corrected chi connectivity index (χ1v) is 20.1. The number of amides is 1. The first-order chi connectivity index (χ1) is 25.2. The van der Waals surface area contributed by atoms with Gasteiger partial charge in [-0.05, 0) is 70.3 Å². The average molecular weight is 741 g/mol. The molecule has 3 aromatic heterocycles. The molecule has 3 heterocycles. The summed E-state index contributed by atoms with van der Waals surface area (Å²) in [5, 5.41) is 33.8. The molecule has 0 aliphatic heterocycles. The fourth-order valence-electron chi connectivity index (χ4n) is 6.04. The van der Waals surface area contributed by atoms with Gasteiger partial charge in [-0.3, -0.25) is 18.7 Å². The zero-order valence-electron chi connectivity index (χ0n) is 29.7. The smallest absolute Gasteiger partial charge is 0.327 e. The molecule has 0 unspecified atom stereocenters. The highest BCUT2D eigenvalue weighted by atomic mass is 31.2. The standard InChI is InChI=1S/C33H53N14O4P/c34-29(32(48)38-21-26-24-47(45-42-26)19-20-52(49,50)51)12-6-16-37-31-28-11-4-5-13-30(28)40-33(41-31)39-22-27-23-46(44-43-27)18-8-15-35-14-7-17-36-25-9-2-1-3-10-25/h4-5,11,13,23-25,29,35-36H,1-3,6-10,12,14-22,34H2,(H,38,48)(H2,49,50,51)(H2,37,39,40,41)/t29-/m0/s1. The Morgan fingerprint density at radius 1 is 0.885 bits per heavy atom. The number of para-hydroxylation sites is 1. The van der Waals surface area contributed by atoms with Crippen LogP contribution >= 0.6 is 7.60 Å². The molecule has 0 bridgehead atoms. The third-order valence-corrected chi connectivity index (χ3v) is 9.68. The van der Waals surface area contributed by atoms with Crippen LogP contribution in [0.25, 0.3) is 10.9 Å². The molecule has 19 heteroatoms. The van der Waals surface area contributed by atoms with E-state index in [-0.39, 0.29) is 25.2 Å². The van der Waals surface area contributed by atoms with Crippen molar-refractivity contribution in [2.24, 2.45) is 5.73 Å². The third kappa shape index (κ3) is 13.5. The number of carbonyl (C=O) groups is 1. The second-order valence-corrected chi connectivity index (χ2v) is 15.0. The molecule has 0 saturated heterocycles. The number of nitrogens with two attached hydrogens (primary N) is 1. The first kappa shape index (κ1) is 39.2. The number of hydrogen-bond acceptors (Lipinski definition) is 13. The van der Waals surface area contributed by atoms with E-state index < -0.39 is 13.6 Å². The van der Waals surface area contributed by atoms with Gasteiger partial charge in [0.15, 0.2) is 0 Å². The van der Waals surface area contributed by atoms with Gasteiger partial charge in [0.05, 0.1) is 49.7 Å².